The zero-order valence-corrected chi connectivity index (χ0v) is 5.91. The van der Waals surface area contributed by atoms with Crippen LogP contribution in [0.4, 0.5) is 0 Å². The molecule has 1 fully saturated rings. The third kappa shape index (κ3) is 1.67. The summed E-state index contributed by atoms with van der Waals surface area (Å²) < 4.78 is 0. The Morgan fingerprint density at radius 2 is 1.75 bits per heavy atom. The number of piperidine rings is 1. The largest absolute Gasteiger partial charge is 0.293 e. The highest BCUT2D eigenvalue weighted by Gasteiger charge is 2.06. The zero-order chi connectivity index (χ0) is 5.82. The topological polar surface area (TPSA) is 3.24 Å². The van der Waals surface area contributed by atoms with E-state index >= 15 is 0 Å². The standard InChI is InChI=1S/C6H12NS/c8-6-7-4-2-1-3-5-7/h1-6H2. The molecular formula is C6H12NS. The molecule has 0 bridgehead atoms. The first-order valence-corrected chi connectivity index (χ1v) is 3.81. The van der Waals surface area contributed by atoms with Crippen molar-refractivity contribution in [2.45, 2.75) is 19.3 Å². The second-order valence-electron chi connectivity index (χ2n) is 2.31. The van der Waals surface area contributed by atoms with Crippen molar-refractivity contribution in [2.24, 2.45) is 0 Å². The van der Waals surface area contributed by atoms with Crippen molar-refractivity contribution >= 4 is 12.6 Å². The summed E-state index contributed by atoms with van der Waals surface area (Å²) in [6.07, 6.45) is 4.12. The average molecular weight is 130 g/mol. The Morgan fingerprint density at radius 3 is 2.12 bits per heavy atom. The maximum Gasteiger partial charge on any atom is 0.0548 e. The number of hydrogen-bond acceptors (Lipinski definition) is 1. The summed E-state index contributed by atoms with van der Waals surface area (Å²) in [7, 11) is 0. The number of likely N-dealkylation sites (tertiary alicyclic amines) is 1. The summed E-state index contributed by atoms with van der Waals surface area (Å²) in [6, 6.07) is 0. The van der Waals surface area contributed by atoms with Crippen molar-refractivity contribution in [3.05, 3.63) is 0 Å². The molecule has 0 aliphatic carbocycles. The van der Waals surface area contributed by atoms with Crippen LogP contribution in [-0.2, 0) is 0 Å². The van der Waals surface area contributed by atoms with E-state index in [0.717, 1.165) is 5.88 Å². The van der Waals surface area contributed by atoms with Crippen LogP contribution in [-0.4, -0.2) is 23.9 Å². The van der Waals surface area contributed by atoms with E-state index in [2.05, 4.69) is 4.90 Å². The Labute approximate surface area is 56.5 Å². The molecular weight excluding hydrogens is 118 g/mol. The van der Waals surface area contributed by atoms with Crippen molar-refractivity contribution in [1.29, 1.82) is 0 Å². The maximum atomic E-state index is 4.90. The molecule has 1 nitrogen and oxygen atoms in total. The molecule has 1 heterocycles. The lowest BCUT2D eigenvalue weighted by Gasteiger charge is -2.23. The van der Waals surface area contributed by atoms with Gasteiger partial charge in [0.15, 0.2) is 0 Å². The van der Waals surface area contributed by atoms with Gasteiger partial charge < -0.3 is 0 Å². The smallest absolute Gasteiger partial charge is 0.0548 e. The van der Waals surface area contributed by atoms with Crippen molar-refractivity contribution in [1.82, 2.24) is 4.90 Å². The zero-order valence-electron chi connectivity index (χ0n) is 5.10. The number of hydrogen-bond donors (Lipinski definition) is 0. The average Bonchev–Trinajstić information content (AvgIpc) is 1.90. The van der Waals surface area contributed by atoms with Gasteiger partial charge in [-0.15, -0.1) is 0 Å². The molecule has 0 N–H and O–H groups in total. The Kier molecular flexibility index (Phi) is 2.70. The Hall–Kier alpha value is 0.310. The summed E-state index contributed by atoms with van der Waals surface area (Å²) in [5, 5.41) is 0. The first-order chi connectivity index (χ1) is 3.93. The Bertz CT molecular complexity index is 59.5. The molecule has 0 aromatic carbocycles. The molecule has 0 atom stereocenters. The van der Waals surface area contributed by atoms with Crippen LogP contribution in [0.5, 0.6) is 0 Å². The molecule has 0 spiro atoms. The van der Waals surface area contributed by atoms with E-state index in [9.17, 15) is 0 Å². The maximum absolute atomic E-state index is 4.90. The Morgan fingerprint density at radius 1 is 1.12 bits per heavy atom. The Balaban J connectivity index is 2.13. The lowest BCUT2D eigenvalue weighted by atomic mass is 10.1. The monoisotopic (exact) mass is 130 g/mol. The molecule has 0 saturated carbocycles. The third-order valence-corrected chi connectivity index (χ3v) is 2.00. The van der Waals surface area contributed by atoms with E-state index in [1.165, 1.54) is 32.4 Å². The van der Waals surface area contributed by atoms with Gasteiger partial charge >= 0.3 is 0 Å². The van der Waals surface area contributed by atoms with E-state index in [1.807, 2.05) is 0 Å². The minimum atomic E-state index is 0.833. The SMILES string of the molecule is [S]CN1CCCCC1. The molecule has 0 amide bonds. The molecule has 47 valence electrons. The minimum absolute atomic E-state index is 0.833. The van der Waals surface area contributed by atoms with Crippen LogP contribution in [0.15, 0.2) is 0 Å². The second kappa shape index (κ2) is 3.36. The normalized spacial score (nSPS) is 23.6. The summed E-state index contributed by atoms with van der Waals surface area (Å²) in [5.74, 6) is 0.833. The molecule has 1 aliphatic rings. The molecule has 1 aliphatic heterocycles. The van der Waals surface area contributed by atoms with Crippen LogP contribution < -0.4 is 0 Å². The summed E-state index contributed by atoms with van der Waals surface area (Å²) in [6.45, 7) is 2.48. The third-order valence-electron chi connectivity index (χ3n) is 1.63. The van der Waals surface area contributed by atoms with Gasteiger partial charge in [-0.3, -0.25) is 4.90 Å². The molecule has 8 heavy (non-hydrogen) atoms. The van der Waals surface area contributed by atoms with Gasteiger partial charge in [-0.2, -0.15) is 0 Å². The predicted octanol–water partition coefficient (Wildman–Crippen LogP) is 1.63. The van der Waals surface area contributed by atoms with Gasteiger partial charge in [-0.1, -0.05) is 19.0 Å². The van der Waals surface area contributed by atoms with Crippen LogP contribution >= 0.6 is 12.6 Å². The van der Waals surface area contributed by atoms with Crippen molar-refractivity contribution in [2.75, 3.05) is 19.0 Å². The van der Waals surface area contributed by atoms with Gasteiger partial charge in [0, 0.05) is 0 Å². The van der Waals surface area contributed by atoms with E-state index in [1.54, 1.807) is 0 Å². The first kappa shape index (κ1) is 6.43. The predicted molar refractivity (Wildman–Crippen MR) is 37.9 cm³/mol. The number of rotatable bonds is 1. The van der Waals surface area contributed by atoms with Crippen LogP contribution in [0.2, 0.25) is 0 Å². The van der Waals surface area contributed by atoms with E-state index in [0.29, 0.717) is 0 Å². The second-order valence-corrected chi connectivity index (χ2v) is 2.57. The van der Waals surface area contributed by atoms with Crippen molar-refractivity contribution in [3.8, 4) is 0 Å². The highest BCUT2D eigenvalue weighted by atomic mass is 32.1. The van der Waals surface area contributed by atoms with Gasteiger partial charge in [0.1, 0.15) is 0 Å². The highest BCUT2D eigenvalue weighted by molar-refractivity contribution is 7.80. The van der Waals surface area contributed by atoms with Crippen LogP contribution in [0.1, 0.15) is 19.3 Å². The van der Waals surface area contributed by atoms with Crippen molar-refractivity contribution < 1.29 is 0 Å². The van der Waals surface area contributed by atoms with Gasteiger partial charge in [0.05, 0.1) is 5.88 Å². The summed E-state index contributed by atoms with van der Waals surface area (Å²) >= 11 is 4.90. The fourth-order valence-corrected chi connectivity index (χ4v) is 1.35. The minimum Gasteiger partial charge on any atom is -0.293 e. The molecule has 1 rings (SSSR count). The fourth-order valence-electron chi connectivity index (χ4n) is 1.09. The highest BCUT2D eigenvalue weighted by Crippen LogP contribution is 2.07. The van der Waals surface area contributed by atoms with Crippen molar-refractivity contribution in [3.63, 3.8) is 0 Å². The molecule has 1 saturated heterocycles. The molecule has 1 radical (unpaired) electrons. The van der Waals surface area contributed by atoms with Crippen LogP contribution in [0.25, 0.3) is 0 Å². The van der Waals surface area contributed by atoms with Crippen LogP contribution in [0.3, 0.4) is 0 Å². The van der Waals surface area contributed by atoms with Gasteiger partial charge in [0.25, 0.3) is 0 Å². The van der Waals surface area contributed by atoms with Gasteiger partial charge in [-0.25, -0.2) is 0 Å². The lowest BCUT2D eigenvalue weighted by Crippen LogP contribution is -2.28. The summed E-state index contributed by atoms with van der Waals surface area (Å²) in [5.41, 5.74) is 0. The molecule has 0 unspecified atom stereocenters. The number of nitrogens with zero attached hydrogens (tertiary/aromatic N) is 1. The molecule has 0 aromatic heterocycles. The van der Waals surface area contributed by atoms with E-state index in [-0.39, 0.29) is 0 Å². The first-order valence-electron chi connectivity index (χ1n) is 3.24. The van der Waals surface area contributed by atoms with E-state index < -0.39 is 0 Å². The van der Waals surface area contributed by atoms with E-state index in [4.69, 9.17) is 12.6 Å². The quantitative estimate of drug-likeness (QED) is 0.521. The summed E-state index contributed by atoms with van der Waals surface area (Å²) in [4.78, 5) is 2.33. The van der Waals surface area contributed by atoms with Crippen LogP contribution in [0, 0.1) is 0 Å². The van der Waals surface area contributed by atoms with Gasteiger partial charge in [-0.05, 0) is 25.9 Å². The van der Waals surface area contributed by atoms with Gasteiger partial charge in [0.2, 0.25) is 0 Å². The molecule has 2 heteroatoms. The lowest BCUT2D eigenvalue weighted by molar-refractivity contribution is 0.267. The fraction of sp³-hybridized carbons (Fsp3) is 1.00. The molecule has 0 aromatic rings.